The van der Waals surface area contributed by atoms with Crippen molar-refractivity contribution in [3.05, 3.63) is 24.0 Å². The summed E-state index contributed by atoms with van der Waals surface area (Å²) in [5, 5.41) is 19.7. The Hall–Kier alpha value is -1.37. The summed E-state index contributed by atoms with van der Waals surface area (Å²) in [6.45, 7) is -0.0463. The van der Waals surface area contributed by atoms with Crippen molar-refractivity contribution in [1.82, 2.24) is 4.90 Å². The zero-order chi connectivity index (χ0) is 13.4. The van der Waals surface area contributed by atoms with Gasteiger partial charge in [0.2, 0.25) is 5.91 Å². The number of allylic oxidation sites excluding steroid dienone is 1. The van der Waals surface area contributed by atoms with Gasteiger partial charge in [-0.2, -0.15) is 0 Å². The zero-order valence-electron chi connectivity index (χ0n) is 10.3. The van der Waals surface area contributed by atoms with Crippen LogP contribution in [0.5, 0.6) is 0 Å². The van der Waals surface area contributed by atoms with Gasteiger partial charge in [0, 0.05) is 29.8 Å². The van der Waals surface area contributed by atoms with Crippen molar-refractivity contribution in [3.63, 3.8) is 0 Å². The van der Waals surface area contributed by atoms with Crippen LogP contribution in [-0.2, 0) is 9.53 Å². The molecule has 4 unspecified atom stereocenters. The summed E-state index contributed by atoms with van der Waals surface area (Å²) in [6.07, 6.45) is 5.84. The molecule has 0 spiro atoms. The summed E-state index contributed by atoms with van der Waals surface area (Å²) in [7, 11) is 0. The van der Waals surface area contributed by atoms with E-state index < -0.39 is 11.5 Å². The number of nitrogens with zero attached hydrogens (tertiary/aromatic N) is 1. The lowest BCUT2D eigenvalue weighted by molar-refractivity contribution is -0.114. The summed E-state index contributed by atoms with van der Waals surface area (Å²) >= 11 is 0. The third kappa shape index (κ3) is 1.29. The van der Waals surface area contributed by atoms with Crippen LogP contribution in [0.3, 0.4) is 0 Å². The molecule has 0 bridgehead atoms. The van der Waals surface area contributed by atoms with Gasteiger partial charge in [-0.1, -0.05) is 6.08 Å². The number of ether oxygens (including phenoxy) is 1. The highest BCUT2D eigenvalue weighted by molar-refractivity contribution is 5.92. The first-order valence-electron chi connectivity index (χ1n) is 6.52. The van der Waals surface area contributed by atoms with Gasteiger partial charge in [-0.25, -0.2) is 0 Å². The molecule has 1 saturated heterocycles. The highest BCUT2D eigenvalue weighted by Crippen LogP contribution is 2.68. The van der Waals surface area contributed by atoms with Crippen molar-refractivity contribution in [1.29, 1.82) is 0 Å². The lowest BCUT2D eigenvalue weighted by Crippen LogP contribution is -2.29. The maximum atomic E-state index is 11.2. The standard InChI is InChI=1S/C13H16N2O4/c14-12(17)6-2-1-3-15(4-6)9-8-10(9)19-11-7(5-16)13(8,11)18/h1,3-4,7-11,16,18H,2,5H2,(H2,14,17)/t7?,8-,9?,10?,11?,13-/m1/s1. The summed E-state index contributed by atoms with van der Waals surface area (Å²) in [4.78, 5) is 13.1. The molecule has 0 aromatic rings. The van der Waals surface area contributed by atoms with Crippen LogP contribution in [0.4, 0.5) is 0 Å². The van der Waals surface area contributed by atoms with Gasteiger partial charge in [0.05, 0.1) is 24.9 Å². The number of aliphatic hydroxyl groups excluding tert-OH is 1. The number of fused-ring (bicyclic) bond motifs is 3. The lowest BCUT2D eigenvalue weighted by Gasteiger charge is -2.22. The Morgan fingerprint density at radius 2 is 2.42 bits per heavy atom. The van der Waals surface area contributed by atoms with E-state index in [1.807, 2.05) is 17.2 Å². The third-order valence-electron chi connectivity index (χ3n) is 4.84. The Balaban J connectivity index is 1.53. The number of primary amides is 1. The van der Waals surface area contributed by atoms with E-state index in [9.17, 15) is 15.0 Å². The molecule has 6 nitrogen and oxygen atoms in total. The fourth-order valence-electron chi connectivity index (χ4n) is 3.73. The molecule has 2 aliphatic carbocycles. The minimum atomic E-state index is -0.879. The van der Waals surface area contributed by atoms with Crippen LogP contribution < -0.4 is 5.73 Å². The van der Waals surface area contributed by atoms with Crippen molar-refractivity contribution in [2.24, 2.45) is 17.6 Å². The average Bonchev–Trinajstić information content (AvgIpc) is 3.23. The number of hydrogen-bond donors (Lipinski definition) is 3. The molecule has 1 amide bonds. The van der Waals surface area contributed by atoms with E-state index in [0.717, 1.165) is 0 Å². The van der Waals surface area contributed by atoms with Gasteiger partial charge in [0.25, 0.3) is 0 Å². The maximum Gasteiger partial charge on any atom is 0.246 e. The predicted octanol–water partition coefficient (Wildman–Crippen LogP) is -1.31. The number of aliphatic hydroxyl groups is 2. The van der Waals surface area contributed by atoms with Gasteiger partial charge in [-0.3, -0.25) is 4.79 Å². The molecule has 2 heterocycles. The molecule has 2 saturated carbocycles. The first kappa shape index (κ1) is 11.5. The van der Waals surface area contributed by atoms with Crippen LogP contribution in [0.25, 0.3) is 0 Å². The third-order valence-corrected chi connectivity index (χ3v) is 4.84. The average molecular weight is 264 g/mol. The van der Waals surface area contributed by atoms with Crippen LogP contribution in [0.2, 0.25) is 0 Å². The van der Waals surface area contributed by atoms with Crippen molar-refractivity contribution < 1.29 is 19.7 Å². The van der Waals surface area contributed by atoms with Crippen LogP contribution >= 0.6 is 0 Å². The molecule has 6 atom stereocenters. The van der Waals surface area contributed by atoms with Gasteiger partial charge >= 0.3 is 0 Å². The molecule has 4 aliphatic rings. The first-order valence-corrected chi connectivity index (χ1v) is 6.52. The first-order chi connectivity index (χ1) is 9.09. The van der Waals surface area contributed by atoms with Gasteiger partial charge in [0.15, 0.2) is 0 Å². The Labute approximate surface area is 110 Å². The van der Waals surface area contributed by atoms with Crippen LogP contribution in [-0.4, -0.2) is 51.5 Å². The minimum absolute atomic E-state index is 0.00840. The molecular weight excluding hydrogens is 248 g/mol. The Morgan fingerprint density at radius 3 is 3.11 bits per heavy atom. The number of carbonyl (C=O) groups excluding carboxylic acids is 1. The highest BCUT2D eigenvalue weighted by Gasteiger charge is 2.85. The molecule has 0 aromatic heterocycles. The van der Waals surface area contributed by atoms with Crippen molar-refractivity contribution in [2.45, 2.75) is 30.3 Å². The predicted molar refractivity (Wildman–Crippen MR) is 64.3 cm³/mol. The topological polar surface area (TPSA) is 96.0 Å². The van der Waals surface area contributed by atoms with E-state index in [4.69, 9.17) is 10.5 Å². The van der Waals surface area contributed by atoms with Crippen LogP contribution in [0, 0.1) is 11.8 Å². The Morgan fingerprint density at radius 1 is 1.63 bits per heavy atom. The molecule has 4 N–H and O–H groups in total. The van der Waals surface area contributed by atoms with Gasteiger partial charge < -0.3 is 25.6 Å². The van der Waals surface area contributed by atoms with Gasteiger partial charge in [-0.15, -0.1) is 0 Å². The van der Waals surface area contributed by atoms with Crippen LogP contribution in [0.1, 0.15) is 6.42 Å². The number of carbonyl (C=O) groups is 1. The smallest absolute Gasteiger partial charge is 0.246 e. The molecule has 102 valence electrons. The Bertz CT molecular complexity index is 511. The Kier molecular flexibility index (Phi) is 2.04. The van der Waals surface area contributed by atoms with E-state index in [1.54, 1.807) is 6.20 Å². The number of amides is 1. The van der Waals surface area contributed by atoms with Gasteiger partial charge in [0.1, 0.15) is 5.60 Å². The number of rotatable bonds is 3. The molecular formula is C13H16N2O4. The number of nitrogens with two attached hydrogens (primary N) is 1. The maximum absolute atomic E-state index is 11.2. The fraction of sp³-hybridized carbons (Fsp3) is 0.615. The van der Waals surface area contributed by atoms with E-state index >= 15 is 0 Å². The molecule has 19 heavy (non-hydrogen) atoms. The van der Waals surface area contributed by atoms with E-state index in [-0.39, 0.29) is 36.7 Å². The highest BCUT2D eigenvalue weighted by atomic mass is 16.6. The van der Waals surface area contributed by atoms with E-state index in [2.05, 4.69) is 0 Å². The minimum Gasteiger partial charge on any atom is -0.396 e. The molecule has 6 heteroatoms. The van der Waals surface area contributed by atoms with E-state index in [1.165, 1.54) is 0 Å². The SMILES string of the molecule is NC(=O)C1=CN(C2C3OC4C(CO)[C@@]4(O)[C@@H]32)C=CC1. The second-order valence-electron chi connectivity index (χ2n) is 5.77. The summed E-state index contributed by atoms with van der Waals surface area (Å²) in [5.41, 5.74) is 4.97. The van der Waals surface area contributed by atoms with Crippen molar-refractivity contribution >= 4 is 5.91 Å². The van der Waals surface area contributed by atoms with Crippen molar-refractivity contribution in [2.75, 3.05) is 6.61 Å². The van der Waals surface area contributed by atoms with Gasteiger partial charge in [-0.05, 0) is 6.42 Å². The second-order valence-corrected chi connectivity index (χ2v) is 5.77. The second kappa shape index (κ2) is 3.39. The molecule has 0 aromatic carbocycles. The monoisotopic (exact) mass is 264 g/mol. The summed E-state index contributed by atoms with van der Waals surface area (Å²) in [5.74, 6) is -0.563. The zero-order valence-corrected chi connectivity index (χ0v) is 10.3. The molecule has 0 radical (unpaired) electrons. The fourth-order valence-corrected chi connectivity index (χ4v) is 3.73. The number of hydrogen-bond acceptors (Lipinski definition) is 5. The molecule has 2 aliphatic heterocycles. The largest absolute Gasteiger partial charge is 0.396 e. The summed E-state index contributed by atoms with van der Waals surface area (Å²) < 4.78 is 5.75. The van der Waals surface area contributed by atoms with Crippen molar-refractivity contribution in [3.8, 4) is 0 Å². The quantitative estimate of drug-likeness (QED) is 0.588. The normalized spacial score (nSPS) is 49.5. The lowest BCUT2D eigenvalue weighted by atomic mass is 10.1. The van der Waals surface area contributed by atoms with E-state index in [0.29, 0.717) is 12.0 Å². The summed E-state index contributed by atoms with van der Waals surface area (Å²) in [6, 6.07) is 0.0451. The van der Waals surface area contributed by atoms with Crippen LogP contribution in [0.15, 0.2) is 24.0 Å². The molecule has 3 fully saturated rings. The molecule has 4 rings (SSSR count).